The minimum Gasteiger partial charge on any atom is -0.317 e. The molecule has 0 aromatic heterocycles. The molecule has 0 N–H and O–H groups in total. The Bertz CT molecular complexity index is 308. The van der Waals surface area contributed by atoms with E-state index in [4.69, 9.17) is 0 Å². The smallest absolute Gasteiger partial charge is 0.317 e. The highest BCUT2D eigenvalue weighted by atomic mass is 31.1. The Morgan fingerprint density at radius 3 is 2.00 bits per heavy atom. The fraction of sp³-hybridized carbons (Fsp3) is 1.00. The van der Waals surface area contributed by atoms with Crippen LogP contribution in [0.2, 0.25) is 0 Å². The number of rotatable bonds is 4. The second-order valence-corrected chi connectivity index (χ2v) is 5.98. The Hall–Kier alpha value is -0.230. The van der Waals surface area contributed by atoms with Gasteiger partial charge in [0.2, 0.25) is 8.03 Å². The zero-order valence-electron chi connectivity index (χ0n) is 9.98. The normalized spacial score (nSPS) is 22.2. The van der Waals surface area contributed by atoms with Crippen LogP contribution in [0.25, 0.3) is 0 Å². The molecule has 1 fully saturated rings. The molecule has 2 atom stereocenters. The van der Waals surface area contributed by atoms with E-state index in [1.165, 1.54) is 0 Å². The number of alkyl halides is 6. The highest BCUT2D eigenvalue weighted by Crippen LogP contribution is 2.43. The van der Waals surface area contributed by atoms with Crippen molar-refractivity contribution in [3.8, 4) is 0 Å². The SMILES string of the molecule is O=[PH](CC(F)(F)F)OC(C1CCCCC1)C(F)(F)F. The summed E-state index contributed by atoms with van der Waals surface area (Å²) < 4.78 is 89.5. The third-order valence-corrected chi connectivity index (χ3v) is 4.21. The van der Waals surface area contributed by atoms with Crippen LogP contribution in [0.1, 0.15) is 32.1 Å². The predicted molar refractivity (Wildman–Crippen MR) is 57.4 cm³/mol. The van der Waals surface area contributed by atoms with E-state index in [-0.39, 0.29) is 12.8 Å². The largest absolute Gasteiger partial charge is 0.415 e. The monoisotopic (exact) mass is 312 g/mol. The fourth-order valence-corrected chi connectivity index (χ4v) is 3.23. The van der Waals surface area contributed by atoms with Crippen LogP contribution >= 0.6 is 8.03 Å². The van der Waals surface area contributed by atoms with Gasteiger partial charge in [-0.05, 0) is 18.8 Å². The van der Waals surface area contributed by atoms with Crippen molar-refractivity contribution in [2.45, 2.75) is 50.6 Å². The van der Waals surface area contributed by atoms with E-state index < -0.39 is 38.6 Å². The molecule has 0 spiro atoms. The molecule has 0 aliphatic heterocycles. The summed E-state index contributed by atoms with van der Waals surface area (Å²) >= 11 is 0. The van der Waals surface area contributed by atoms with Crippen molar-refractivity contribution in [2.24, 2.45) is 5.92 Å². The highest BCUT2D eigenvalue weighted by molar-refractivity contribution is 7.39. The third kappa shape index (κ3) is 6.17. The summed E-state index contributed by atoms with van der Waals surface area (Å²) in [5.74, 6) is -0.893. The Morgan fingerprint density at radius 1 is 1.05 bits per heavy atom. The molecule has 0 aromatic rings. The molecule has 0 bridgehead atoms. The van der Waals surface area contributed by atoms with Crippen molar-refractivity contribution < 1.29 is 35.4 Å². The van der Waals surface area contributed by atoms with Crippen LogP contribution in [0.3, 0.4) is 0 Å². The molecular weight excluding hydrogens is 297 g/mol. The minimum absolute atomic E-state index is 0.241. The van der Waals surface area contributed by atoms with Crippen LogP contribution in [0.15, 0.2) is 0 Å². The Kier molecular flexibility index (Phi) is 5.74. The maximum Gasteiger partial charge on any atom is 0.415 e. The molecule has 0 amide bonds. The number of halogens is 6. The first-order valence-electron chi connectivity index (χ1n) is 5.92. The molecule has 0 saturated heterocycles. The summed E-state index contributed by atoms with van der Waals surface area (Å²) in [6.07, 6.45) is -11.3. The van der Waals surface area contributed by atoms with Gasteiger partial charge in [0.15, 0.2) is 6.10 Å². The zero-order chi connectivity index (χ0) is 14.7. The van der Waals surface area contributed by atoms with Gasteiger partial charge in [-0.15, -0.1) is 0 Å². The molecule has 0 aromatic carbocycles. The van der Waals surface area contributed by atoms with Gasteiger partial charge < -0.3 is 4.52 Å². The lowest BCUT2D eigenvalue weighted by atomic mass is 9.85. The average molecular weight is 312 g/mol. The first-order chi connectivity index (χ1) is 8.59. The molecule has 19 heavy (non-hydrogen) atoms. The van der Waals surface area contributed by atoms with E-state index in [1.807, 2.05) is 0 Å². The third-order valence-electron chi connectivity index (χ3n) is 3.00. The highest BCUT2D eigenvalue weighted by Gasteiger charge is 2.47. The topological polar surface area (TPSA) is 26.3 Å². The van der Waals surface area contributed by atoms with Gasteiger partial charge >= 0.3 is 12.4 Å². The van der Waals surface area contributed by atoms with Crippen molar-refractivity contribution >= 4 is 8.03 Å². The average Bonchev–Trinajstić information content (AvgIpc) is 2.23. The van der Waals surface area contributed by atoms with Gasteiger partial charge in [-0.1, -0.05) is 19.3 Å². The van der Waals surface area contributed by atoms with Crippen molar-refractivity contribution in [3.63, 3.8) is 0 Å². The minimum atomic E-state index is -4.78. The predicted octanol–water partition coefficient (Wildman–Crippen LogP) is 4.55. The van der Waals surface area contributed by atoms with Gasteiger partial charge in [0.25, 0.3) is 0 Å². The summed E-state index contributed by atoms with van der Waals surface area (Å²) in [5, 5.41) is 0. The van der Waals surface area contributed by atoms with E-state index in [9.17, 15) is 30.9 Å². The van der Waals surface area contributed by atoms with Crippen LogP contribution in [0.4, 0.5) is 26.3 Å². The molecule has 2 nitrogen and oxygen atoms in total. The zero-order valence-corrected chi connectivity index (χ0v) is 11.0. The number of hydrogen-bond donors (Lipinski definition) is 0. The molecule has 1 saturated carbocycles. The van der Waals surface area contributed by atoms with Crippen molar-refractivity contribution in [1.82, 2.24) is 0 Å². The van der Waals surface area contributed by atoms with E-state index in [2.05, 4.69) is 4.52 Å². The summed E-state index contributed by atoms with van der Waals surface area (Å²) in [6, 6.07) is 0. The van der Waals surface area contributed by atoms with E-state index in [0.29, 0.717) is 12.8 Å². The molecule has 114 valence electrons. The van der Waals surface area contributed by atoms with Crippen LogP contribution in [-0.4, -0.2) is 24.6 Å². The molecule has 2 unspecified atom stereocenters. The van der Waals surface area contributed by atoms with E-state index in [0.717, 1.165) is 6.42 Å². The van der Waals surface area contributed by atoms with Crippen LogP contribution in [0, 0.1) is 5.92 Å². The summed E-state index contributed by atoms with van der Waals surface area (Å²) in [5.41, 5.74) is 0. The maximum absolute atomic E-state index is 12.8. The fourth-order valence-electron chi connectivity index (χ4n) is 2.21. The van der Waals surface area contributed by atoms with Crippen molar-refractivity contribution in [2.75, 3.05) is 6.16 Å². The molecule has 1 aliphatic carbocycles. The van der Waals surface area contributed by atoms with Crippen molar-refractivity contribution in [3.05, 3.63) is 0 Å². The second kappa shape index (κ2) is 6.48. The van der Waals surface area contributed by atoms with Crippen LogP contribution in [-0.2, 0) is 9.09 Å². The van der Waals surface area contributed by atoms with Gasteiger partial charge in [-0.3, -0.25) is 4.57 Å². The Morgan fingerprint density at radius 2 is 1.58 bits per heavy atom. The standard InChI is InChI=1S/C10H15F6O2P/c11-9(12,13)6-19(17)18-8(10(14,15)16)7-4-2-1-3-5-7/h7-8,19H,1-6H2. The first-order valence-corrected chi connectivity index (χ1v) is 7.45. The summed E-state index contributed by atoms with van der Waals surface area (Å²) in [4.78, 5) is 0. The summed E-state index contributed by atoms with van der Waals surface area (Å²) in [6.45, 7) is 0. The van der Waals surface area contributed by atoms with Gasteiger partial charge in [0.1, 0.15) is 6.16 Å². The van der Waals surface area contributed by atoms with Gasteiger partial charge in [0.05, 0.1) is 0 Å². The summed E-state index contributed by atoms with van der Waals surface area (Å²) in [7, 11) is -3.77. The quantitative estimate of drug-likeness (QED) is 0.562. The number of hydrogen-bond acceptors (Lipinski definition) is 2. The first kappa shape index (κ1) is 16.8. The molecule has 1 aliphatic rings. The molecule has 0 radical (unpaired) electrons. The van der Waals surface area contributed by atoms with Crippen molar-refractivity contribution in [1.29, 1.82) is 0 Å². The van der Waals surface area contributed by atoms with Gasteiger partial charge in [-0.25, -0.2) is 0 Å². The Labute approximate surface area is 107 Å². The van der Waals surface area contributed by atoms with E-state index in [1.54, 1.807) is 0 Å². The van der Waals surface area contributed by atoms with Crippen LogP contribution < -0.4 is 0 Å². The van der Waals surface area contributed by atoms with Crippen LogP contribution in [0.5, 0.6) is 0 Å². The second-order valence-electron chi connectivity index (χ2n) is 4.64. The molecule has 0 heterocycles. The molecular formula is C10H15F6O2P. The lowest BCUT2D eigenvalue weighted by Gasteiger charge is -2.31. The lowest BCUT2D eigenvalue weighted by molar-refractivity contribution is -0.212. The van der Waals surface area contributed by atoms with Gasteiger partial charge in [-0.2, -0.15) is 26.3 Å². The van der Waals surface area contributed by atoms with Gasteiger partial charge in [0, 0.05) is 0 Å². The molecule has 1 rings (SSSR count). The molecule has 9 heteroatoms. The van der Waals surface area contributed by atoms with E-state index >= 15 is 0 Å². The maximum atomic E-state index is 12.8. The lowest BCUT2D eigenvalue weighted by Crippen LogP contribution is -2.38. The Balaban J connectivity index is 2.67.